The first-order valence-corrected chi connectivity index (χ1v) is 6.69. The molecule has 0 heterocycles. The Kier molecular flexibility index (Phi) is 2.68. The summed E-state index contributed by atoms with van der Waals surface area (Å²) in [5, 5.41) is 0. The van der Waals surface area contributed by atoms with Gasteiger partial charge >= 0.3 is 0 Å². The zero-order valence-corrected chi connectivity index (χ0v) is 10.4. The molecule has 0 aromatic carbocycles. The third-order valence-corrected chi connectivity index (χ3v) is 4.55. The van der Waals surface area contributed by atoms with Crippen molar-refractivity contribution in [2.75, 3.05) is 0 Å². The van der Waals surface area contributed by atoms with Gasteiger partial charge in [-0.15, -0.1) is 5.73 Å². The zero-order chi connectivity index (χ0) is 11.8. The van der Waals surface area contributed by atoms with Gasteiger partial charge in [0.15, 0.2) is 0 Å². The molecule has 0 nitrogen and oxygen atoms in total. The summed E-state index contributed by atoms with van der Waals surface area (Å²) in [5.41, 5.74) is 5.90. The fraction of sp³-hybridized carbons (Fsp3) is 0.471. The molecule has 0 aliphatic heterocycles. The Balaban J connectivity index is 0.000000107. The van der Waals surface area contributed by atoms with Gasteiger partial charge in [0.05, 0.1) is 0 Å². The van der Waals surface area contributed by atoms with E-state index >= 15 is 0 Å². The maximum Gasteiger partial charge on any atom is 0.00585 e. The van der Waals surface area contributed by atoms with Gasteiger partial charge in [0.1, 0.15) is 0 Å². The normalized spacial score (nSPS) is 39.5. The molecular formula is C17H20. The van der Waals surface area contributed by atoms with E-state index in [1.165, 1.54) is 36.8 Å². The minimum atomic E-state index is 0.715. The maximum absolute atomic E-state index is 3.99. The van der Waals surface area contributed by atoms with E-state index in [1.807, 2.05) is 0 Å². The summed E-state index contributed by atoms with van der Waals surface area (Å²) < 4.78 is 0. The topological polar surface area (TPSA) is 0 Å². The largest absolute Gasteiger partial charge is 0.129 e. The van der Waals surface area contributed by atoms with E-state index in [2.05, 4.69) is 43.2 Å². The van der Waals surface area contributed by atoms with Crippen molar-refractivity contribution in [2.45, 2.75) is 25.7 Å². The van der Waals surface area contributed by atoms with Crippen LogP contribution < -0.4 is 0 Å². The van der Waals surface area contributed by atoms with E-state index in [0.717, 1.165) is 17.8 Å². The molecule has 0 heteroatoms. The smallest absolute Gasteiger partial charge is 0.00585 e. The van der Waals surface area contributed by atoms with Gasteiger partial charge in [-0.3, -0.25) is 0 Å². The number of rotatable bonds is 0. The van der Waals surface area contributed by atoms with E-state index < -0.39 is 0 Å². The van der Waals surface area contributed by atoms with E-state index in [0.29, 0.717) is 5.92 Å². The number of fused-ring (bicyclic) bond motifs is 4. The predicted octanol–water partition coefficient (Wildman–Crippen LogP) is 4.43. The Morgan fingerprint density at radius 3 is 1.82 bits per heavy atom. The van der Waals surface area contributed by atoms with Crippen molar-refractivity contribution >= 4 is 0 Å². The summed E-state index contributed by atoms with van der Waals surface area (Å²) in [6, 6.07) is 0. The molecular weight excluding hydrogens is 204 g/mol. The molecule has 4 unspecified atom stereocenters. The molecule has 17 heavy (non-hydrogen) atoms. The van der Waals surface area contributed by atoms with Gasteiger partial charge in [-0.2, -0.15) is 0 Å². The lowest BCUT2D eigenvalue weighted by atomic mass is 10.0. The minimum absolute atomic E-state index is 0.715. The summed E-state index contributed by atoms with van der Waals surface area (Å²) in [7, 11) is 0. The molecule has 2 saturated carbocycles. The second kappa shape index (κ2) is 4.20. The van der Waals surface area contributed by atoms with Gasteiger partial charge in [-0.25, -0.2) is 0 Å². The molecule has 0 spiro atoms. The fourth-order valence-corrected chi connectivity index (χ4v) is 3.54. The van der Waals surface area contributed by atoms with Crippen molar-refractivity contribution in [3.8, 4) is 0 Å². The molecule has 0 aromatic heterocycles. The van der Waals surface area contributed by atoms with E-state index in [9.17, 15) is 0 Å². The Labute approximate surface area is 104 Å². The summed E-state index contributed by atoms with van der Waals surface area (Å²) in [6.45, 7) is 7.65. The van der Waals surface area contributed by atoms with Gasteiger partial charge in [0.2, 0.25) is 0 Å². The van der Waals surface area contributed by atoms with Crippen LogP contribution in [0, 0.1) is 23.7 Å². The van der Waals surface area contributed by atoms with Gasteiger partial charge in [0.25, 0.3) is 0 Å². The first kappa shape index (κ1) is 10.9. The van der Waals surface area contributed by atoms with E-state index in [1.54, 1.807) is 0 Å². The summed E-state index contributed by atoms with van der Waals surface area (Å²) in [6.07, 6.45) is 14.4. The molecule has 88 valence electrons. The van der Waals surface area contributed by atoms with Crippen LogP contribution in [0.2, 0.25) is 0 Å². The van der Waals surface area contributed by atoms with Crippen LogP contribution in [0.1, 0.15) is 25.7 Å². The van der Waals surface area contributed by atoms with Gasteiger partial charge in [0, 0.05) is 5.92 Å². The summed E-state index contributed by atoms with van der Waals surface area (Å²) in [4.78, 5) is 0. The molecule has 0 radical (unpaired) electrons. The van der Waals surface area contributed by atoms with Gasteiger partial charge in [-0.05, 0) is 49.0 Å². The van der Waals surface area contributed by atoms with Crippen molar-refractivity contribution in [3.63, 3.8) is 0 Å². The van der Waals surface area contributed by atoms with Crippen LogP contribution in [0.4, 0.5) is 0 Å². The number of hydrogen-bond donors (Lipinski definition) is 0. The second-order valence-corrected chi connectivity index (χ2v) is 5.74. The third-order valence-electron chi connectivity index (χ3n) is 4.55. The zero-order valence-electron chi connectivity index (χ0n) is 10.4. The summed E-state index contributed by atoms with van der Waals surface area (Å²) in [5.74, 6) is 3.18. The van der Waals surface area contributed by atoms with Crippen molar-refractivity contribution in [2.24, 2.45) is 23.7 Å². The molecule has 4 aliphatic carbocycles. The molecule has 0 aromatic rings. The second-order valence-electron chi connectivity index (χ2n) is 5.74. The lowest BCUT2D eigenvalue weighted by molar-refractivity contribution is 0.693. The Bertz CT molecular complexity index is 443. The fourth-order valence-electron chi connectivity index (χ4n) is 3.54. The molecule has 0 amide bonds. The molecule has 0 saturated heterocycles. The van der Waals surface area contributed by atoms with Crippen molar-refractivity contribution in [3.05, 3.63) is 54.3 Å². The standard InChI is InChI=1S/C9H10.C8H10/c1-2-8-5-7-3-4-9(8)6-7;1-6-4-7-2-3-8(6)5-7/h3-4,7,9H,1,5-6H2;2-3,7-8H,1,4-5H2. The highest BCUT2D eigenvalue weighted by atomic mass is 14.3. The quantitative estimate of drug-likeness (QED) is 0.422. The average molecular weight is 224 g/mol. The molecule has 4 atom stereocenters. The SMILES string of the molecule is C=C1CC2C=CC1C2.C=C=C1CC2C=CC1C2. The van der Waals surface area contributed by atoms with E-state index in [4.69, 9.17) is 0 Å². The van der Waals surface area contributed by atoms with Crippen LogP contribution in [0.15, 0.2) is 54.3 Å². The van der Waals surface area contributed by atoms with Crippen molar-refractivity contribution < 1.29 is 0 Å². The highest BCUT2D eigenvalue weighted by Gasteiger charge is 2.30. The molecule has 4 bridgehead atoms. The van der Waals surface area contributed by atoms with Crippen LogP contribution in [0.25, 0.3) is 0 Å². The number of hydrogen-bond acceptors (Lipinski definition) is 0. The van der Waals surface area contributed by atoms with Crippen molar-refractivity contribution in [1.29, 1.82) is 0 Å². The molecule has 4 rings (SSSR count). The lowest BCUT2D eigenvalue weighted by Gasteiger charge is -2.02. The predicted molar refractivity (Wildman–Crippen MR) is 72.5 cm³/mol. The Morgan fingerprint density at radius 2 is 1.59 bits per heavy atom. The maximum atomic E-state index is 3.99. The summed E-state index contributed by atoms with van der Waals surface area (Å²) >= 11 is 0. The van der Waals surface area contributed by atoms with Crippen LogP contribution >= 0.6 is 0 Å². The average Bonchev–Trinajstić information content (AvgIpc) is 3.09. The van der Waals surface area contributed by atoms with Gasteiger partial charge < -0.3 is 0 Å². The lowest BCUT2D eigenvalue weighted by Crippen LogP contribution is -1.89. The highest BCUT2D eigenvalue weighted by molar-refractivity contribution is 5.26. The van der Waals surface area contributed by atoms with Crippen molar-refractivity contribution in [1.82, 2.24) is 0 Å². The first-order chi connectivity index (χ1) is 8.26. The van der Waals surface area contributed by atoms with Crippen LogP contribution in [0.3, 0.4) is 0 Å². The molecule has 2 fully saturated rings. The number of allylic oxidation sites excluding steroid dienone is 6. The molecule has 4 aliphatic rings. The first-order valence-electron chi connectivity index (χ1n) is 6.69. The van der Waals surface area contributed by atoms with E-state index in [-0.39, 0.29) is 0 Å². The Hall–Kier alpha value is -1.26. The molecule has 0 N–H and O–H groups in total. The van der Waals surface area contributed by atoms with Crippen LogP contribution in [-0.2, 0) is 0 Å². The van der Waals surface area contributed by atoms with Crippen LogP contribution in [-0.4, -0.2) is 0 Å². The van der Waals surface area contributed by atoms with Gasteiger partial charge in [-0.1, -0.05) is 43.0 Å². The van der Waals surface area contributed by atoms with Crippen LogP contribution in [0.5, 0.6) is 0 Å². The monoisotopic (exact) mass is 224 g/mol. The third kappa shape index (κ3) is 1.98. The Morgan fingerprint density at radius 1 is 0.941 bits per heavy atom. The minimum Gasteiger partial charge on any atom is -0.129 e. The highest BCUT2D eigenvalue weighted by Crippen LogP contribution is 2.42.